The predicted octanol–water partition coefficient (Wildman–Crippen LogP) is -1.84. The molecule has 0 unspecified atom stereocenters. The van der Waals surface area contributed by atoms with E-state index >= 15 is 0 Å². The summed E-state index contributed by atoms with van der Waals surface area (Å²) in [6.07, 6.45) is 0. The largest absolute Gasteiger partial charge is 0.394 e. The van der Waals surface area contributed by atoms with Crippen molar-refractivity contribution >= 4 is 5.91 Å². The number of amides is 1. The molecule has 0 radical (unpaired) electrons. The Morgan fingerprint density at radius 2 is 1.56 bits per heavy atom. The predicted molar refractivity (Wildman–Crippen MR) is 59.9 cm³/mol. The van der Waals surface area contributed by atoms with E-state index in [1.54, 1.807) is 4.90 Å². The normalized spacial score (nSPS) is 11.6. The van der Waals surface area contributed by atoms with Crippen LogP contribution in [0.15, 0.2) is 0 Å². The van der Waals surface area contributed by atoms with E-state index in [1.807, 2.05) is 13.8 Å². The molecule has 0 fully saturated rings. The highest BCUT2D eigenvalue weighted by Gasteiger charge is 2.28. The highest BCUT2D eigenvalue weighted by Crippen LogP contribution is 2.01. The highest BCUT2D eigenvalue weighted by atomic mass is 16.3. The molecule has 0 saturated heterocycles. The molecule has 0 spiro atoms. The third-order valence-corrected chi connectivity index (χ3v) is 2.64. The Morgan fingerprint density at radius 3 is 1.88 bits per heavy atom. The zero-order valence-electron chi connectivity index (χ0n) is 9.94. The van der Waals surface area contributed by atoms with E-state index in [9.17, 15) is 4.79 Å². The summed E-state index contributed by atoms with van der Waals surface area (Å²) >= 11 is 0. The second-order valence-corrected chi connectivity index (χ2v) is 3.67. The van der Waals surface area contributed by atoms with E-state index in [0.29, 0.717) is 13.1 Å². The van der Waals surface area contributed by atoms with E-state index in [1.165, 1.54) is 0 Å². The van der Waals surface area contributed by atoms with Crippen LogP contribution in [0.3, 0.4) is 0 Å². The van der Waals surface area contributed by atoms with Gasteiger partial charge in [-0.1, -0.05) is 0 Å². The van der Waals surface area contributed by atoms with E-state index < -0.39 is 25.4 Å². The number of aliphatic hydroxyl groups excluding tert-OH is 3. The van der Waals surface area contributed by atoms with Gasteiger partial charge in [0.2, 0.25) is 5.91 Å². The first-order valence-corrected chi connectivity index (χ1v) is 5.44. The molecule has 0 heterocycles. The summed E-state index contributed by atoms with van der Waals surface area (Å²) in [5, 5.41) is 29.8. The van der Waals surface area contributed by atoms with Crippen molar-refractivity contribution in [1.82, 2.24) is 10.2 Å². The van der Waals surface area contributed by atoms with Gasteiger partial charge in [-0.15, -0.1) is 0 Å². The van der Waals surface area contributed by atoms with E-state index in [2.05, 4.69) is 5.32 Å². The van der Waals surface area contributed by atoms with Crippen molar-refractivity contribution in [2.75, 3.05) is 39.5 Å². The van der Waals surface area contributed by atoms with Gasteiger partial charge in [0, 0.05) is 13.1 Å². The second-order valence-electron chi connectivity index (χ2n) is 3.67. The molecule has 16 heavy (non-hydrogen) atoms. The molecule has 1 amide bonds. The van der Waals surface area contributed by atoms with Gasteiger partial charge in [0.15, 0.2) is 0 Å². The maximum Gasteiger partial charge on any atom is 0.236 e. The first-order chi connectivity index (χ1) is 7.59. The van der Waals surface area contributed by atoms with Gasteiger partial charge in [0.25, 0.3) is 0 Å². The van der Waals surface area contributed by atoms with Gasteiger partial charge in [-0.25, -0.2) is 0 Å². The van der Waals surface area contributed by atoms with Crippen LogP contribution in [0.4, 0.5) is 0 Å². The summed E-state index contributed by atoms with van der Waals surface area (Å²) in [4.78, 5) is 13.2. The van der Waals surface area contributed by atoms with E-state index in [-0.39, 0.29) is 12.5 Å². The summed E-state index contributed by atoms with van der Waals surface area (Å²) in [5.74, 6) is -0.121. The molecule has 0 aliphatic rings. The molecule has 0 rings (SSSR count). The molecular formula is C10H22N2O4. The topological polar surface area (TPSA) is 93.0 Å². The minimum Gasteiger partial charge on any atom is -0.394 e. The lowest BCUT2D eigenvalue weighted by molar-refractivity contribution is -0.130. The van der Waals surface area contributed by atoms with Crippen molar-refractivity contribution in [3.63, 3.8) is 0 Å². The molecule has 0 aliphatic carbocycles. The highest BCUT2D eigenvalue weighted by molar-refractivity contribution is 5.78. The quantitative estimate of drug-likeness (QED) is 0.396. The SMILES string of the molecule is CCN(CC)C(=O)CNC(CO)(CO)CO. The molecule has 96 valence electrons. The Kier molecular flexibility index (Phi) is 7.24. The Hall–Kier alpha value is -0.690. The second kappa shape index (κ2) is 7.56. The molecule has 0 aromatic rings. The number of nitrogens with one attached hydrogen (secondary N) is 1. The Balaban J connectivity index is 4.25. The standard InChI is InChI=1S/C10H22N2O4/c1-3-12(4-2)9(16)5-11-10(6-13,7-14)8-15/h11,13-15H,3-8H2,1-2H3. The molecule has 0 aromatic heterocycles. The van der Waals surface area contributed by atoms with Crippen LogP contribution in [-0.2, 0) is 4.79 Å². The van der Waals surface area contributed by atoms with Crippen LogP contribution in [0.1, 0.15) is 13.8 Å². The van der Waals surface area contributed by atoms with Crippen LogP contribution in [0, 0.1) is 0 Å². The fourth-order valence-corrected chi connectivity index (χ4v) is 1.27. The molecule has 4 N–H and O–H groups in total. The van der Waals surface area contributed by atoms with Crippen molar-refractivity contribution in [2.24, 2.45) is 0 Å². The van der Waals surface area contributed by atoms with Gasteiger partial charge >= 0.3 is 0 Å². The van der Waals surface area contributed by atoms with Gasteiger partial charge in [-0.3, -0.25) is 10.1 Å². The first-order valence-electron chi connectivity index (χ1n) is 5.44. The van der Waals surface area contributed by atoms with E-state index in [0.717, 1.165) is 0 Å². The number of rotatable bonds is 8. The molecular weight excluding hydrogens is 212 g/mol. The molecule has 0 aromatic carbocycles. The third-order valence-electron chi connectivity index (χ3n) is 2.64. The smallest absolute Gasteiger partial charge is 0.236 e. The summed E-state index contributed by atoms with van der Waals surface area (Å²) in [6.45, 7) is 3.69. The maximum absolute atomic E-state index is 11.6. The molecule has 6 heteroatoms. The first kappa shape index (κ1) is 15.3. The summed E-state index contributed by atoms with van der Waals surface area (Å²) in [5.41, 5.74) is -1.19. The van der Waals surface area contributed by atoms with Crippen molar-refractivity contribution < 1.29 is 20.1 Å². The minimum atomic E-state index is -1.19. The molecule has 0 saturated carbocycles. The van der Waals surface area contributed by atoms with Crippen LogP contribution < -0.4 is 5.32 Å². The van der Waals surface area contributed by atoms with Crippen molar-refractivity contribution in [3.05, 3.63) is 0 Å². The monoisotopic (exact) mass is 234 g/mol. The average molecular weight is 234 g/mol. The number of carbonyl (C=O) groups is 1. The number of carbonyl (C=O) groups excluding carboxylic acids is 1. The number of hydrogen-bond acceptors (Lipinski definition) is 5. The van der Waals surface area contributed by atoms with Gasteiger partial charge in [-0.05, 0) is 13.8 Å². The zero-order chi connectivity index (χ0) is 12.6. The Bertz CT molecular complexity index is 195. The van der Waals surface area contributed by atoms with Crippen LogP contribution in [-0.4, -0.2) is 71.1 Å². The van der Waals surface area contributed by atoms with Crippen LogP contribution in [0.25, 0.3) is 0 Å². The lowest BCUT2D eigenvalue weighted by Gasteiger charge is -2.29. The van der Waals surface area contributed by atoms with Crippen molar-refractivity contribution in [2.45, 2.75) is 19.4 Å². The molecule has 0 atom stereocenters. The van der Waals surface area contributed by atoms with Gasteiger partial charge in [-0.2, -0.15) is 0 Å². The van der Waals surface area contributed by atoms with Crippen LogP contribution in [0.5, 0.6) is 0 Å². The number of likely N-dealkylation sites (N-methyl/N-ethyl adjacent to an activating group) is 1. The van der Waals surface area contributed by atoms with Crippen molar-refractivity contribution in [3.8, 4) is 0 Å². The van der Waals surface area contributed by atoms with Gasteiger partial charge < -0.3 is 20.2 Å². The lowest BCUT2D eigenvalue weighted by Crippen LogP contribution is -2.57. The van der Waals surface area contributed by atoms with Crippen LogP contribution in [0.2, 0.25) is 0 Å². The molecule has 0 bridgehead atoms. The van der Waals surface area contributed by atoms with Crippen LogP contribution >= 0.6 is 0 Å². The van der Waals surface area contributed by atoms with Gasteiger partial charge in [0.1, 0.15) is 0 Å². The van der Waals surface area contributed by atoms with Crippen molar-refractivity contribution in [1.29, 1.82) is 0 Å². The average Bonchev–Trinajstić information content (AvgIpc) is 2.33. The Labute approximate surface area is 95.9 Å². The lowest BCUT2D eigenvalue weighted by atomic mass is 10.0. The Morgan fingerprint density at radius 1 is 1.12 bits per heavy atom. The number of nitrogens with zero attached hydrogens (tertiary/aromatic N) is 1. The third kappa shape index (κ3) is 4.05. The van der Waals surface area contributed by atoms with E-state index in [4.69, 9.17) is 15.3 Å². The summed E-state index contributed by atoms with van der Waals surface area (Å²) < 4.78 is 0. The molecule has 0 aliphatic heterocycles. The fourth-order valence-electron chi connectivity index (χ4n) is 1.27. The van der Waals surface area contributed by atoms with Gasteiger partial charge in [0.05, 0.1) is 31.9 Å². The summed E-state index contributed by atoms with van der Waals surface area (Å²) in [7, 11) is 0. The minimum absolute atomic E-state index is 0.0106. The fraction of sp³-hybridized carbons (Fsp3) is 0.900. The summed E-state index contributed by atoms with van der Waals surface area (Å²) in [6, 6.07) is 0. The molecule has 6 nitrogen and oxygen atoms in total. The maximum atomic E-state index is 11.6. The zero-order valence-corrected chi connectivity index (χ0v) is 9.94. The number of hydrogen-bond donors (Lipinski definition) is 4. The number of aliphatic hydroxyl groups is 3.